The molecule has 10 heavy (non-hydrogen) atoms. The van der Waals surface area contributed by atoms with E-state index in [2.05, 4.69) is 25.3 Å². The van der Waals surface area contributed by atoms with Gasteiger partial charge in [0.05, 0.1) is 10.3 Å². The predicted molar refractivity (Wildman–Crippen MR) is 46.4 cm³/mol. The van der Waals surface area contributed by atoms with Crippen LogP contribution >= 0.6 is 27.5 Å². The van der Waals surface area contributed by atoms with Crippen LogP contribution in [0.2, 0.25) is 0 Å². The molecule has 2 heterocycles. The average molecular weight is 217 g/mol. The van der Waals surface area contributed by atoms with Gasteiger partial charge < -0.3 is 4.98 Å². The second kappa shape index (κ2) is 2.07. The molecule has 0 unspecified atom stereocenters. The second-order valence-electron chi connectivity index (χ2n) is 2.13. The number of nitrogens with zero attached hydrogens (tertiary/aromatic N) is 1. The maximum absolute atomic E-state index is 4.19. The fourth-order valence-electron chi connectivity index (χ4n) is 0.908. The van der Waals surface area contributed by atoms with Gasteiger partial charge in [-0.1, -0.05) is 0 Å². The Hall–Kier alpha value is -0.350. The number of hydrogen-bond acceptors (Lipinski definition) is 2. The van der Waals surface area contributed by atoms with Gasteiger partial charge in [-0.3, -0.25) is 0 Å². The molecule has 0 amide bonds. The van der Waals surface area contributed by atoms with Crippen molar-refractivity contribution in [1.82, 2.24) is 9.36 Å². The first-order valence-electron chi connectivity index (χ1n) is 2.88. The largest absolute Gasteiger partial charge is 0.340 e. The van der Waals surface area contributed by atoms with Crippen molar-refractivity contribution in [3.63, 3.8) is 0 Å². The first kappa shape index (κ1) is 6.37. The van der Waals surface area contributed by atoms with Gasteiger partial charge in [0.1, 0.15) is 4.83 Å². The topological polar surface area (TPSA) is 28.7 Å². The minimum Gasteiger partial charge on any atom is -0.340 e. The van der Waals surface area contributed by atoms with Crippen LogP contribution in [-0.2, 0) is 0 Å². The Balaban J connectivity index is 2.90. The van der Waals surface area contributed by atoms with Crippen molar-refractivity contribution in [3.05, 3.63) is 16.4 Å². The third kappa shape index (κ3) is 0.793. The molecule has 4 heteroatoms. The van der Waals surface area contributed by atoms with Crippen LogP contribution in [0.15, 0.2) is 10.7 Å². The van der Waals surface area contributed by atoms with Gasteiger partial charge in [0.2, 0.25) is 0 Å². The van der Waals surface area contributed by atoms with Crippen LogP contribution in [0.1, 0.15) is 5.69 Å². The molecule has 2 aromatic heterocycles. The van der Waals surface area contributed by atoms with Crippen molar-refractivity contribution < 1.29 is 0 Å². The number of aryl methyl sites for hydroxylation is 1. The molecule has 0 radical (unpaired) electrons. The molecular formula is C6H5BrN2S. The number of halogens is 1. The fraction of sp³-hybridized carbons (Fsp3) is 0.167. The molecule has 0 atom stereocenters. The first-order valence-corrected chi connectivity index (χ1v) is 4.44. The molecule has 0 bridgehead atoms. The Labute approximate surface area is 70.6 Å². The third-order valence-corrected chi connectivity index (χ3v) is 2.71. The molecule has 0 aromatic carbocycles. The minimum atomic E-state index is 1.03. The van der Waals surface area contributed by atoms with Crippen LogP contribution in [0, 0.1) is 6.92 Å². The highest BCUT2D eigenvalue weighted by molar-refractivity contribution is 9.10. The lowest BCUT2D eigenvalue weighted by atomic mass is 10.3. The van der Waals surface area contributed by atoms with Crippen molar-refractivity contribution in [1.29, 1.82) is 0 Å². The fourth-order valence-corrected chi connectivity index (χ4v) is 2.25. The van der Waals surface area contributed by atoms with Crippen LogP contribution in [0.4, 0.5) is 0 Å². The zero-order chi connectivity index (χ0) is 7.14. The molecular weight excluding hydrogens is 212 g/mol. The Morgan fingerprint density at radius 1 is 1.70 bits per heavy atom. The summed E-state index contributed by atoms with van der Waals surface area (Å²) >= 11 is 4.86. The number of rotatable bonds is 0. The van der Waals surface area contributed by atoms with E-state index in [1.807, 2.05) is 13.0 Å². The lowest BCUT2D eigenvalue weighted by molar-refractivity contribution is 1.37. The lowest BCUT2D eigenvalue weighted by Gasteiger charge is -1.75. The molecule has 0 aliphatic heterocycles. The van der Waals surface area contributed by atoms with E-state index in [0.717, 1.165) is 15.1 Å². The van der Waals surface area contributed by atoms with Crippen molar-refractivity contribution >= 4 is 37.7 Å². The monoisotopic (exact) mass is 216 g/mol. The highest BCUT2D eigenvalue weighted by atomic mass is 79.9. The summed E-state index contributed by atoms with van der Waals surface area (Å²) in [6.45, 7) is 2.01. The molecule has 0 aliphatic rings. The van der Waals surface area contributed by atoms with E-state index in [4.69, 9.17) is 0 Å². The standard InChI is InChI=1S/C6H5BrN2S/c1-3-4-2-5(7)8-6(4)10-9-3/h2,8H,1H3. The predicted octanol–water partition coefficient (Wildman–Crippen LogP) is 2.70. The van der Waals surface area contributed by atoms with Crippen LogP contribution in [0.3, 0.4) is 0 Å². The smallest absolute Gasteiger partial charge is 0.121 e. The summed E-state index contributed by atoms with van der Waals surface area (Å²) in [7, 11) is 0. The third-order valence-electron chi connectivity index (χ3n) is 1.41. The van der Waals surface area contributed by atoms with Crippen molar-refractivity contribution in [2.24, 2.45) is 0 Å². The lowest BCUT2D eigenvalue weighted by Crippen LogP contribution is -1.63. The Kier molecular flexibility index (Phi) is 1.32. The molecule has 0 aliphatic carbocycles. The summed E-state index contributed by atoms with van der Waals surface area (Å²) in [6.07, 6.45) is 0. The molecule has 52 valence electrons. The van der Waals surface area contributed by atoms with E-state index in [0.29, 0.717) is 0 Å². The summed E-state index contributed by atoms with van der Waals surface area (Å²) in [5, 5.41) is 1.22. The molecule has 0 saturated heterocycles. The Morgan fingerprint density at radius 2 is 2.50 bits per heavy atom. The average Bonchev–Trinajstić information content (AvgIpc) is 2.35. The molecule has 0 saturated carbocycles. The van der Waals surface area contributed by atoms with Gasteiger partial charge in [-0.2, -0.15) is 4.37 Å². The highest BCUT2D eigenvalue weighted by Crippen LogP contribution is 2.24. The number of fused-ring (bicyclic) bond motifs is 1. The number of aromatic nitrogens is 2. The molecule has 0 fully saturated rings. The number of H-pyrrole nitrogens is 1. The summed E-state index contributed by atoms with van der Waals surface area (Å²) < 4.78 is 5.21. The Bertz CT molecular complexity index is 363. The van der Waals surface area contributed by atoms with Crippen LogP contribution in [0.25, 0.3) is 10.2 Å². The summed E-state index contributed by atoms with van der Waals surface area (Å²) in [4.78, 5) is 4.29. The maximum Gasteiger partial charge on any atom is 0.121 e. The number of aromatic amines is 1. The molecule has 2 rings (SSSR count). The molecule has 2 nitrogen and oxygen atoms in total. The number of nitrogens with one attached hydrogen (secondary N) is 1. The van der Waals surface area contributed by atoms with E-state index in [-0.39, 0.29) is 0 Å². The maximum atomic E-state index is 4.19. The van der Waals surface area contributed by atoms with E-state index >= 15 is 0 Å². The van der Waals surface area contributed by atoms with Crippen molar-refractivity contribution in [2.75, 3.05) is 0 Å². The highest BCUT2D eigenvalue weighted by Gasteiger charge is 2.03. The van der Waals surface area contributed by atoms with Gasteiger partial charge in [0.15, 0.2) is 0 Å². The van der Waals surface area contributed by atoms with Gasteiger partial charge in [0, 0.05) is 5.39 Å². The Morgan fingerprint density at radius 3 is 3.20 bits per heavy atom. The molecule has 1 N–H and O–H groups in total. The van der Waals surface area contributed by atoms with E-state index in [1.54, 1.807) is 0 Å². The van der Waals surface area contributed by atoms with E-state index < -0.39 is 0 Å². The second-order valence-corrected chi connectivity index (χ2v) is 3.76. The van der Waals surface area contributed by atoms with Crippen molar-refractivity contribution in [2.45, 2.75) is 6.92 Å². The summed E-state index contributed by atoms with van der Waals surface area (Å²) in [5.41, 5.74) is 1.10. The van der Waals surface area contributed by atoms with E-state index in [1.165, 1.54) is 16.9 Å². The zero-order valence-electron chi connectivity index (χ0n) is 5.31. The van der Waals surface area contributed by atoms with E-state index in [9.17, 15) is 0 Å². The van der Waals surface area contributed by atoms with Crippen molar-refractivity contribution in [3.8, 4) is 0 Å². The van der Waals surface area contributed by atoms with Crippen LogP contribution in [0.5, 0.6) is 0 Å². The first-order chi connectivity index (χ1) is 4.77. The van der Waals surface area contributed by atoms with Crippen LogP contribution in [-0.4, -0.2) is 9.36 Å². The normalized spacial score (nSPS) is 11.0. The molecule has 0 spiro atoms. The summed E-state index contributed by atoms with van der Waals surface area (Å²) in [6, 6.07) is 2.05. The quantitative estimate of drug-likeness (QED) is 0.722. The van der Waals surface area contributed by atoms with Gasteiger partial charge in [0.25, 0.3) is 0 Å². The SMILES string of the molecule is Cc1nsc2[nH]c(Br)cc12. The zero-order valence-corrected chi connectivity index (χ0v) is 7.71. The van der Waals surface area contributed by atoms with Gasteiger partial charge in [-0.05, 0) is 40.5 Å². The van der Waals surface area contributed by atoms with Gasteiger partial charge >= 0.3 is 0 Å². The molecule has 2 aromatic rings. The minimum absolute atomic E-state index is 1.03. The van der Waals surface area contributed by atoms with Gasteiger partial charge in [-0.15, -0.1) is 0 Å². The van der Waals surface area contributed by atoms with Gasteiger partial charge in [-0.25, -0.2) is 0 Å². The number of hydrogen-bond donors (Lipinski definition) is 1. The summed E-state index contributed by atoms with van der Waals surface area (Å²) in [5.74, 6) is 0. The van der Waals surface area contributed by atoms with Crippen LogP contribution < -0.4 is 0 Å².